The van der Waals surface area contributed by atoms with E-state index in [1.54, 1.807) is 6.08 Å². The van der Waals surface area contributed by atoms with Gasteiger partial charge in [0, 0.05) is 25.6 Å². The molecule has 1 fully saturated rings. The zero-order valence-corrected chi connectivity index (χ0v) is 15.6. The van der Waals surface area contributed by atoms with Gasteiger partial charge in [0.2, 0.25) is 0 Å². The number of nitrogens with zero attached hydrogens (tertiary/aromatic N) is 1. The first-order valence-electron chi connectivity index (χ1n) is 8.87. The van der Waals surface area contributed by atoms with E-state index in [2.05, 4.69) is 31.4 Å². The minimum Gasteiger partial charge on any atom is -0.495 e. The summed E-state index contributed by atoms with van der Waals surface area (Å²) in [6, 6.07) is 0. The molecule has 1 rings (SSSR count). The van der Waals surface area contributed by atoms with Crippen molar-refractivity contribution in [1.82, 2.24) is 4.90 Å². The molecule has 0 aliphatic carbocycles. The predicted molar refractivity (Wildman–Crippen MR) is 98.2 cm³/mol. The third-order valence-electron chi connectivity index (χ3n) is 4.03. The second-order valence-electron chi connectivity index (χ2n) is 6.22. The average molecular weight is 337 g/mol. The van der Waals surface area contributed by atoms with E-state index in [1.165, 1.54) is 6.08 Å². The molecular weight excluding hydrogens is 305 g/mol. The molecule has 1 aliphatic rings. The van der Waals surface area contributed by atoms with Crippen molar-refractivity contribution >= 4 is 0 Å². The Morgan fingerprint density at radius 3 is 2.62 bits per heavy atom. The first kappa shape index (κ1) is 20.5. The Kier molecular flexibility index (Phi) is 9.46. The second-order valence-corrected chi connectivity index (χ2v) is 6.22. The van der Waals surface area contributed by atoms with Crippen LogP contribution in [-0.2, 0) is 9.47 Å². The molecule has 0 radical (unpaired) electrons. The molecule has 3 nitrogen and oxygen atoms in total. The Balaban J connectivity index is 2.54. The molecule has 0 bridgehead atoms. The molecule has 24 heavy (non-hydrogen) atoms. The average Bonchev–Trinajstić information content (AvgIpc) is 2.52. The maximum absolute atomic E-state index is 12.8. The minimum absolute atomic E-state index is 0.286. The SMILES string of the molecule is C=C(F)/C=C\C(=C/CN1CCC(O/C(C)=C/CC)C(C)C1)OCC. The number of piperidine rings is 1. The van der Waals surface area contributed by atoms with Crippen molar-refractivity contribution < 1.29 is 13.9 Å². The maximum atomic E-state index is 12.8. The Morgan fingerprint density at radius 1 is 1.29 bits per heavy atom. The van der Waals surface area contributed by atoms with Crippen LogP contribution in [0.15, 0.2) is 48.2 Å². The molecule has 2 unspecified atom stereocenters. The van der Waals surface area contributed by atoms with E-state index in [-0.39, 0.29) is 6.10 Å². The molecule has 0 aromatic heterocycles. The van der Waals surface area contributed by atoms with Crippen LogP contribution in [0.2, 0.25) is 0 Å². The molecule has 136 valence electrons. The Bertz CT molecular complexity index is 482. The van der Waals surface area contributed by atoms with Crippen molar-refractivity contribution in [2.75, 3.05) is 26.2 Å². The first-order chi connectivity index (χ1) is 11.5. The number of ether oxygens (including phenoxy) is 2. The van der Waals surface area contributed by atoms with Gasteiger partial charge in [-0.2, -0.15) is 0 Å². The van der Waals surface area contributed by atoms with Crippen LogP contribution in [0.1, 0.15) is 40.5 Å². The van der Waals surface area contributed by atoms with Crippen molar-refractivity contribution in [1.29, 1.82) is 0 Å². The zero-order valence-electron chi connectivity index (χ0n) is 15.6. The Hall–Kier alpha value is -1.55. The van der Waals surface area contributed by atoms with E-state index in [4.69, 9.17) is 9.47 Å². The largest absolute Gasteiger partial charge is 0.495 e. The highest BCUT2D eigenvalue weighted by Gasteiger charge is 2.27. The van der Waals surface area contributed by atoms with E-state index in [9.17, 15) is 4.39 Å². The van der Waals surface area contributed by atoms with Gasteiger partial charge in [-0.15, -0.1) is 0 Å². The summed E-state index contributed by atoms with van der Waals surface area (Å²) in [4.78, 5) is 2.38. The quantitative estimate of drug-likeness (QED) is 0.437. The molecule has 1 heterocycles. The van der Waals surface area contributed by atoms with E-state index >= 15 is 0 Å². The lowest BCUT2D eigenvalue weighted by molar-refractivity contribution is 0.0122. The molecule has 0 N–H and O–H groups in total. The van der Waals surface area contributed by atoms with Crippen molar-refractivity contribution in [2.24, 2.45) is 5.92 Å². The van der Waals surface area contributed by atoms with Gasteiger partial charge >= 0.3 is 0 Å². The van der Waals surface area contributed by atoms with E-state index in [0.717, 1.165) is 38.2 Å². The number of rotatable bonds is 9. The summed E-state index contributed by atoms with van der Waals surface area (Å²) in [5.74, 6) is 1.72. The summed E-state index contributed by atoms with van der Waals surface area (Å²) >= 11 is 0. The van der Waals surface area contributed by atoms with Crippen LogP contribution in [0.5, 0.6) is 0 Å². The van der Waals surface area contributed by atoms with Gasteiger partial charge < -0.3 is 9.47 Å². The van der Waals surface area contributed by atoms with Crippen LogP contribution in [0.4, 0.5) is 4.39 Å². The van der Waals surface area contributed by atoms with Crippen molar-refractivity contribution in [3.05, 3.63) is 48.2 Å². The summed E-state index contributed by atoms with van der Waals surface area (Å²) in [6.45, 7) is 14.9. The predicted octanol–water partition coefficient (Wildman–Crippen LogP) is 4.99. The molecule has 1 aliphatic heterocycles. The van der Waals surface area contributed by atoms with Crippen molar-refractivity contribution in [3.63, 3.8) is 0 Å². The highest BCUT2D eigenvalue weighted by atomic mass is 19.1. The second kappa shape index (κ2) is 11.1. The monoisotopic (exact) mass is 337 g/mol. The molecule has 1 saturated heterocycles. The molecule has 0 amide bonds. The first-order valence-corrected chi connectivity index (χ1v) is 8.87. The summed E-state index contributed by atoms with van der Waals surface area (Å²) in [7, 11) is 0. The highest BCUT2D eigenvalue weighted by Crippen LogP contribution is 2.22. The van der Waals surface area contributed by atoms with E-state index in [0.29, 0.717) is 18.3 Å². The molecule has 0 aromatic rings. The Labute approximate surface area is 146 Å². The van der Waals surface area contributed by atoms with Crippen molar-refractivity contribution in [2.45, 2.75) is 46.6 Å². The molecule has 0 aromatic carbocycles. The number of likely N-dealkylation sites (tertiary alicyclic amines) is 1. The van der Waals surface area contributed by atoms with Crippen LogP contribution < -0.4 is 0 Å². The fraction of sp³-hybridized carbons (Fsp3) is 0.600. The number of hydrogen-bond acceptors (Lipinski definition) is 3. The van der Waals surface area contributed by atoms with Gasteiger partial charge in [-0.1, -0.05) is 20.4 Å². The van der Waals surface area contributed by atoms with Crippen LogP contribution in [0.3, 0.4) is 0 Å². The topological polar surface area (TPSA) is 21.7 Å². The van der Waals surface area contributed by atoms with Gasteiger partial charge in [0.25, 0.3) is 0 Å². The highest BCUT2D eigenvalue weighted by molar-refractivity contribution is 5.19. The molecule has 0 spiro atoms. The van der Waals surface area contributed by atoms with Gasteiger partial charge in [0.15, 0.2) is 0 Å². The van der Waals surface area contributed by atoms with Crippen molar-refractivity contribution in [3.8, 4) is 0 Å². The summed E-state index contributed by atoms with van der Waals surface area (Å²) in [5, 5.41) is 0. The summed E-state index contributed by atoms with van der Waals surface area (Å²) in [5.41, 5.74) is 0. The summed E-state index contributed by atoms with van der Waals surface area (Å²) < 4.78 is 24.3. The fourth-order valence-corrected chi connectivity index (χ4v) is 2.86. The molecular formula is C20H32FNO2. The lowest BCUT2D eigenvalue weighted by atomic mass is 9.96. The van der Waals surface area contributed by atoms with E-state index < -0.39 is 5.83 Å². The molecule has 2 atom stereocenters. The van der Waals surface area contributed by atoms with Crippen LogP contribution in [0.25, 0.3) is 0 Å². The van der Waals surface area contributed by atoms with Gasteiger partial charge in [-0.25, -0.2) is 4.39 Å². The molecule has 0 saturated carbocycles. The standard InChI is InChI=1S/C20H32FNO2/c1-6-8-18(5)24-20-12-14-22(15-16(20)3)13-11-19(23-7-2)10-9-17(4)21/h8-11,16,20H,4,6-7,12-15H2,1-3,5H3/b10-9-,18-8+,19-11+. The smallest absolute Gasteiger partial charge is 0.116 e. The number of hydrogen-bond donors (Lipinski definition) is 0. The third kappa shape index (κ3) is 7.82. The molecule has 4 heteroatoms. The number of allylic oxidation sites excluding steroid dienone is 5. The van der Waals surface area contributed by atoms with Crippen LogP contribution in [-0.4, -0.2) is 37.2 Å². The van der Waals surface area contributed by atoms with Gasteiger partial charge in [0.05, 0.1) is 12.4 Å². The van der Waals surface area contributed by atoms with E-state index in [1.807, 2.05) is 19.9 Å². The Morgan fingerprint density at radius 2 is 2.04 bits per heavy atom. The summed E-state index contributed by atoms with van der Waals surface area (Å²) in [6.07, 6.45) is 9.39. The fourth-order valence-electron chi connectivity index (χ4n) is 2.86. The van der Waals surface area contributed by atoms with Crippen LogP contribution in [0, 0.1) is 5.92 Å². The zero-order chi connectivity index (χ0) is 17.9. The third-order valence-corrected chi connectivity index (χ3v) is 4.03. The van der Waals surface area contributed by atoms with Gasteiger partial charge in [-0.3, -0.25) is 4.90 Å². The van der Waals surface area contributed by atoms with Crippen LogP contribution >= 0.6 is 0 Å². The van der Waals surface area contributed by atoms with Gasteiger partial charge in [0.1, 0.15) is 17.7 Å². The lowest BCUT2D eigenvalue weighted by Gasteiger charge is -2.36. The normalized spacial score (nSPS) is 23.5. The maximum Gasteiger partial charge on any atom is 0.116 e. The number of halogens is 1. The van der Waals surface area contributed by atoms with Gasteiger partial charge in [-0.05, 0) is 51.0 Å². The minimum atomic E-state index is -0.470. The lowest BCUT2D eigenvalue weighted by Crippen LogP contribution is -2.43.